The maximum atomic E-state index is 10.7. The normalized spacial score (nSPS) is 7.77. The second-order valence-electron chi connectivity index (χ2n) is 2.06. The molecular formula is C8H12ClNO3. The molecule has 4 N–H and O–H groups in total. The van der Waals surface area contributed by atoms with Crippen LogP contribution >= 0.6 is 12.4 Å². The summed E-state index contributed by atoms with van der Waals surface area (Å²) in [6.45, 7) is 0. The minimum Gasteiger partial charge on any atom is -0.496 e. The predicted octanol–water partition coefficient (Wildman–Crippen LogP) is 0.391. The van der Waals surface area contributed by atoms with Crippen molar-refractivity contribution in [3.05, 3.63) is 29.8 Å². The number of carbonyl (C=O) groups excluding carboxylic acids is 1. The van der Waals surface area contributed by atoms with E-state index in [1.54, 1.807) is 24.3 Å². The number of amides is 1. The molecule has 0 unspecified atom stereocenters. The van der Waals surface area contributed by atoms with Gasteiger partial charge in [-0.15, -0.1) is 12.4 Å². The van der Waals surface area contributed by atoms with Crippen molar-refractivity contribution in [3.8, 4) is 5.75 Å². The molecule has 1 aromatic carbocycles. The van der Waals surface area contributed by atoms with Gasteiger partial charge in [-0.3, -0.25) is 4.79 Å². The van der Waals surface area contributed by atoms with Crippen LogP contribution in [0.4, 0.5) is 0 Å². The average Bonchev–Trinajstić information content (AvgIpc) is 2.04. The third-order valence-corrected chi connectivity index (χ3v) is 1.37. The van der Waals surface area contributed by atoms with E-state index in [4.69, 9.17) is 10.5 Å². The summed E-state index contributed by atoms with van der Waals surface area (Å²) < 4.78 is 4.91. The highest BCUT2D eigenvalue weighted by Crippen LogP contribution is 2.15. The van der Waals surface area contributed by atoms with Gasteiger partial charge < -0.3 is 15.9 Å². The number of halogens is 1. The number of carbonyl (C=O) groups is 1. The Morgan fingerprint density at radius 1 is 1.38 bits per heavy atom. The van der Waals surface area contributed by atoms with Gasteiger partial charge in [-0.1, -0.05) is 12.1 Å². The first-order valence-electron chi connectivity index (χ1n) is 3.18. The lowest BCUT2D eigenvalue weighted by Gasteiger charge is -2.02. The zero-order valence-electron chi connectivity index (χ0n) is 7.11. The summed E-state index contributed by atoms with van der Waals surface area (Å²) in [4.78, 5) is 10.7. The first-order valence-corrected chi connectivity index (χ1v) is 3.18. The molecule has 0 spiro atoms. The third kappa shape index (κ3) is 3.31. The fourth-order valence-corrected chi connectivity index (χ4v) is 0.848. The summed E-state index contributed by atoms with van der Waals surface area (Å²) in [5, 5.41) is 0. The molecular weight excluding hydrogens is 194 g/mol. The van der Waals surface area contributed by atoms with Crippen LogP contribution in [0.2, 0.25) is 0 Å². The summed E-state index contributed by atoms with van der Waals surface area (Å²) in [5.74, 6) is 0.0439. The smallest absolute Gasteiger partial charge is 0.252 e. The monoisotopic (exact) mass is 205 g/mol. The Morgan fingerprint density at radius 2 is 1.92 bits per heavy atom. The minimum absolute atomic E-state index is 0. The maximum absolute atomic E-state index is 10.7. The number of primary amides is 1. The standard InChI is InChI=1S/C8H9NO2.ClH.H2O/c1-11-7-5-3-2-4-6(7)8(9)10;;/h2-5H,1H3,(H2,9,10);1H;1H2. The van der Waals surface area contributed by atoms with Gasteiger partial charge in [0, 0.05) is 0 Å². The fraction of sp³-hybridized carbons (Fsp3) is 0.125. The lowest BCUT2D eigenvalue weighted by Crippen LogP contribution is -2.11. The van der Waals surface area contributed by atoms with E-state index in [0.29, 0.717) is 11.3 Å². The maximum Gasteiger partial charge on any atom is 0.252 e. The zero-order valence-corrected chi connectivity index (χ0v) is 7.93. The molecule has 0 fully saturated rings. The number of benzene rings is 1. The highest BCUT2D eigenvalue weighted by atomic mass is 35.5. The van der Waals surface area contributed by atoms with Gasteiger partial charge in [0.2, 0.25) is 0 Å². The van der Waals surface area contributed by atoms with E-state index in [1.807, 2.05) is 0 Å². The van der Waals surface area contributed by atoms with Gasteiger partial charge in [-0.2, -0.15) is 0 Å². The Hall–Kier alpha value is -1.26. The van der Waals surface area contributed by atoms with Crippen LogP contribution in [-0.2, 0) is 0 Å². The van der Waals surface area contributed by atoms with Gasteiger partial charge in [0.05, 0.1) is 12.7 Å². The van der Waals surface area contributed by atoms with Crippen molar-refractivity contribution in [2.45, 2.75) is 0 Å². The number of nitrogens with two attached hydrogens (primary N) is 1. The Morgan fingerprint density at radius 3 is 2.31 bits per heavy atom. The number of rotatable bonds is 2. The molecule has 0 aliphatic carbocycles. The first kappa shape index (κ1) is 14.3. The molecule has 0 aliphatic rings. The van der Waals surface area contributed by atoms with Crippen LogP contribution in [0.1, 0.15) is 10.4 Å². The molecule has 0 bridgehead atoms. The summed E-state index contributed by atoms with van der Waals surface area (Å²) >= 11 is 0. The molecule has 4 nitrogen and oxygen atoms in total. The lowest BCUT2D eigenvalue weighted by atomic mass is 10.2. The number of hydrogen-bond donors (Lipinski definition) is 1. The van der Waals surface area contributed by atoms with E-state index in [0.717, 1.165) is 0 Å². The van der Waals surface area contributed by atoms with Gasteiger partial charge in [-0.05, 0) is 12.1 Å². The Balaban J connectivity index is 0. The summed E-state index contributed by atoms with van der Waals surface area (Å²) in [7, 11) is 1.50. The van der Waals surface area contributed by atoms with Crippen molar-refractivity contribution in [1.29, 1.82) is 0 Å². The van der Waals surface area contributed by atoms with Gasteiger partial charge in [0.25, 0.3) is 5.91 Å². The SMILES string of the molecule is COc1ccccc1C(N)=O.Cl.O. The molecule has 0 aromatic heterocycles. The average molecular weight is 206 g/mol. The van der Waals surface area contributed by atoms with Crippen molar-refractivity contribution in [2.75, 3.05) is 7.11 Å². The van der Waals surface area contributed by atoms with E-state index in [2.05, 4.69) is 0 Å². The van der Waals surface area contributed by atoms with E-state index >= 15 is 0 Å². The lowest BCUT2D eigenvalue weighted by molar-refractivity contribution is 0.0997. The van der Waals surface area contributed by atoms with Crippen molar-refractivity contribution < 1.29 is 15.0 Å². The minimum atomic E-state index is -0.470. The van der Waals surface area contributed by atoms with Gasteiger partial charge in [0.1, 0.15) is 5.75 Å². The molecule has 13 heavy (non-hydrogen) atoms. The molecule has 0 radical (unpaired) electrons. The highest BCUT2D eigenvalue weighted by molar-refractivity contribution is 5.95. The van der Waals surface area contributed by atoms with E-state index in [-0.39, 0.29) is 17.9 Å². The van der Waals surface area contributed by atoms with Crippen molar-refractivity contribution in [2.24, 2.45) is 5.73 Å². The fourth-order valence-electron chi connectivity index (χ4n) is 0.848. The van der Waals surface area contributed by atoms with Crippen LogP contribution in [-0.4, -0.2) is 18.5 Å². The van der Waals surface area contributed by atoms with Crippen molar-refractivity contribution >= 4 is 18.3 Å². The first-order chi connectivity index (χ1) is 5.25. The van der Waals surface area contributed by atoms with Gasteiger partial charge >= 0.3 is 0 Å². The van der Waals surface area contributed by atoms with Crippen molar-refractivity contribution in [1.82, 2.24) is 0 Å². The topological polar surface area (TPSA) is 83.8 Å². The van der Waals surface area contributed by atoms with E-state index in [9.17, 15) is 4.79 Å². The van der Waals surface area contributed by atoms with Gasteiger partial charge in [-0.25, -0.2) is 0 Å². The molecule has 1 amide bonds. The highest BCUT2D eigenvalue weighted by Gasteiger charge is 2.05. The number of methoxy groups -OCH3 is 1. The van der Waals surface area contributed by atoms with Crippen LogP contribution < -0.4 is 10.5 Å². The van der Waals surface area contributed by atoms with Crippen LogP contribution in [0.25, 0.3) is 0 Å². The third-order valence-electron chi connectivity index (χ3n) is 1.37. The second-order valence-corrected chi connectivity index (χ2v) is 2.06. The van der Waals surface area contributed by atoms with Crippen LogP contribution in [0, 0.1) is 0 Å². The van der Waals surface area contributed by atoms with Crippen LogP contribution in [0.15, 0.2) is 24.3 Å². The van der Waals surface area contributed by atoms with E-state index < -0.39 is 5.91 Å². The molecule has 0 atom stereocenters. The predicted molar refractivity (Wildman–Crippen MR) is 52.4 cm³/mol. The molecule has 0 heterocycles. The van der Waals surface area contributed by atoms with Gasteiger partial charge in [0.15, 0.2) is 0 Å². The summed E-state index contributed by atoms with van der Waals surface area (Å²) in [5.41, 5.74) is 5.48. The molecule has 1 aromatic rings. The van der Waals surface area contributed by atoms with Crippen molar-refractivity contribution in [3.63, 3.8) is 0 Å². The molecule has 5 heteroatoms. The van der Waals surface area contributed by atoms with Crippen LogP contribution in [0.5, 0.6) is 5.75 Å². The number of hydrogen-bond acceptors (Lipinski definition) is 2. The summed E-state index contributed by atoms with van der Waals surface area (Å²) in [6, 6.07) is 6.84. The second kappa shape index (κ2) is 6.28. The van der Waals surface area contributed by atoms with Crippen LogP contribution in [0.3, 0.4) is 0 Å². The molecule has 0 saturated heterocycles. The van der Waals surface area contributed by atoms with E-state index in [1.165, 1.54) is 7.11 Å². The Kier molecular flexibility index (Phi) is 6.89. The summed E-state index contributed by atoms with van der Waals surface area (Å²) in [6.07, 6.45) is 0. The zero-order chi connectivity index (χ0) is 8.27. The Bertz CT molecular complexity index is 278. The number of para-hydroxylation sites is 1. The molecule has 0 saturated carbocycles. The molecule has 74 valence electrons. The molecule has 0 aliphatic heterocycles. The Labute approximate surface area is 82.4 Å². The number of ether oxygens (including phenoxy) is 1. The molecule has 1 rings (SSSR count). The largest absolute Gasteiger partial charge is 0.496 e. The quantitative estimate of drug-likeness (QED) is 0.758.